The molecular formula is C19H25ClN2O3S. The lowest BCUT2D eigenvalue weighted by Crippen LogP contribution is -2.32. The molecule has 0 heterocycles. The number of carbonyl (C=O) groups is 1. The minimum absolute atomic E-state index is 0. The number of sulfone groups is 1. The zero-order valence-corrected chi connectivity index (χ0v) is 16.7. The summed E-state index contributed by atoms with van der Waals surface area (Å²) in [6.07, 6.45) is 1.11. The summed E-state index contributed by atoms with van der Waals surface area (Å²) < 4.78 is 23.2. The van der Waals surface area contributed by atoms with Crippen LogP contribution in [0.15, 0.2) is 53.4 Å². The Bertz CT molecular complexity index is 849. The van der Waals surface area contributed by atoms with Gasteiger partial charge in [0.05, 0.1) is 4.90 Å². The second-order valence-electron chi connectivity index (χ2n) is 6.44. The molecule has 26 heavy (non-hydrogen) atoms. The first-order valence-corrected chi connectivity index (χ1v) is 10.0. The molecule has 0 radical (unpaired) electrons. The molecule has 3 N–H and O–H groups in total. The third-order valence-corrected chi connectivity index (χ3v) is 5.15. The Labute approximate surface area is 161 Å². The quantitative estimate of drug-likeness (QED) is 0.785. The van der Waals surface area contributed by atoms with Gasteiger partial charge < -0.3 is 11.1 Å². The molecule has 2 rings (SSSR count). The Hall–Kier alpha value is -1.89. The molecule has 0 saturated heterocycles. The number of nitrogens with two attached hydrogens (primary N) is 1. The Morgan fingerprint density at radius 2 is 1.65 bits per heavy atom. The van der Waals surface area contributed by atoms with Gasteiger partial charge in [-0.25, -0.2) is 8.42 Å². The first-order valence-electron chi connectivity index (χ1n) is 8.12. The van der Waals surface area contributed by atoms with Gasteiger partial charge in [0.25, 0.3) is 5.91 Å². The van der Waals surface area contributed by atoms with Crippen molar-refractivity contribution >= 4 is 28.2 Å². The average Bonchev–Trinajstić information content (AvgIpc) is 2.58. The normalized spacial score (nSPS) is 12.3. The van der Waals surface area contributed by atoms with Crippen molar-refractivity contribution in [1.29, 1.82) is 0 Å². The van der Waals surface area contributed by atoms with E-state index in [1.165, 1.54) is 17.7 Å². The lowest BCUT2D eigenvalue weighted by atomic mass is 9.99. The smallest absolute Gasteiger partial charge is 0.251 e. The summed E-state index contributed by atoms with van der Waals surface area (Å²) in [5.41, 5.74) is 8.61. The van der Waals surface area contributed by atoms with Gasteiger partial charge >= 0.3 is 0 Å². The number of rotatable bonds is 6. The van der Waals surface area contributed by atoms with Crippen molar-refractivity contribution in [3.05, 3.63) is 65.2 Å². The first kappa shape index (κ1) is 22.2. The Morgan fingerprint density at radius 3 is 2.19 bits per heavy atom. The number of benzene rings is 2. The summed E-state index contributed by atoms with van der Waals surface area (Å²) in [7, 11) is -3.35. The third kappa shape index (κ3) is 5.83. The minimum Gasteiger partial charge on any atom is -0.350 e. The molecule has 0 aliphatic carbocycles. The molecule has 5 nitrogen and oxygen atoms in total. The molecule has 0 aliphatic rings. The molecule has 0 bridgehead atoms. The zero-order chi connectivity index (χ0) is 18.6. The number of amides is 1. The van der Waals surface area contributed by atoms with Crippen LogP contribution in [0.25, 0.3) is 0 Å². The summed E-state index contributed by atoms with van der Waals surface area (Å²) in [6, 6.07) is 13.6. The lowest BCUT2D eigenvalue weighted by Gasteiger charge is -2.15. The Balaban J connectivity index is 0.00000338. The van der Waals surface area contributed by atoms with Crippen LogP contribution in [0.5, 0.6) is 0 Å². The molecule has 0 spiro atoms. The SMILES string of the molecule is CC(C)c1ccc(C(N)CNC(=O)c2cccc(S(C)(=O)=O)c2)cc1.Cl. The standard InChI is InChI=1S/C19H24N2O3S.ClH/c1-13(2)14-7-9-15(10-8-14)18(20)12-21-19(22)16-5-4-6-17(11-16)25(3,23)24;/h4-11,13,18H,12,20H2,1-3H3,(H,21,22);1H. The second kappa shape index (κ2) is 9.16. The molecule has 2 aromatic carbocycles. The average molecular weight is 397 g/mol. The van der Waals surface area contributed by atoms with Crippen molar-refractivity contribution in [1.82, 2.24) is 5.32 Å². The van der Waals surface area contributed by atoms with Gasteiger partial charge in [0.1, 0.15) is 0 Å². The summed E-state index contributed by atoms with van der Waals surface area (Å²) in [5, 5.41) is 2.75. The molecule has 0 fully saturated rings. The lowest BCUT2D eigenvalue weighted by molar-refractivity contribution is 0.0951. The van der Waals surface area contributed by atoms with E-state index in [0.717, 1.165) is 11.8 Å². The van der Waals surface area contributed by atoms with Gasteiger partial charge in [0.2, 0.25) is 0 Å². The number of hydrogen-bond acceptors (Lipinski definition) is 4. The van der Waals surface area contributed by atoms with Gasteiger partial charge in [-0.15, -0.1) is 12.4 Å². The minimum atomic E-state index is -3.35. The fourth-order valence-corrected chi connectivity index (χ4v) is 3.09. The fraction of sp³-hybridized carbons (Fsp3) is 0.316. The molecule has 1 unspecified atom stereocenters. The summed E-state index contributed by atoms with van der Waals surface area (Å²) >= 11 is 0. The molecule has 0 aromatic heterocycles. The van der Waals surface area contributed by atoms with E-state index in [0.29, 0.717) is 11.5 Å². The zero-order valence-electron chi connectivity index (χ0n) is 15.1. The van der Waals surface area contributed by atoms with Crippen LogP contribution in [0.2, 0.25) is 0 Å². The van der Waals surface area contributed by atoms with E-state index in [9.17, 15) is 13.2 Å². The first-order chi connectivity index (χ1) is 11.7. The van der Waals surface area contributed by atoms with E-state index < -0.39 is 9.84 Å². The van der Waals surface area contributed by atoms with E-state index in [2.05, 4.69) is 19.2 Å². The van der Waals surface area contributed by atoms with Crippen LogP contribution in [-0.4, -0.2) is 27.1 Å². The van der Waals surface area contributed by atoms with Crippen molar-refractivity contribution in [2.45, 2.75) is 30.7 Å². The van der Waals surface area contributed by atoms with Crippen LogP contribution in [-0.2, 0) is 9.84 Å². The van der Waals surface area contributed by atoms with Crippen LogP contribution < -0.4 is 11.1 Å². The molecular weight excluding hydrogens is 372 g/mol. The highest BCUT2D eigenvalue weighted by Crippen LogP contribution is 2.17. The van der Waals surface area contributed by atoms with Gasteiger partial charge in [-0.2, -0.15) is 0 Å². The van der Waals surface area contributed by atoms with Crippen LogP contribution in [0.4, 0.5) is 0 Å². The van der Waals surface area contributed by atoms with E-state index in [4.69, 9.17) is 5.73 Å². The number of halogens is 1. The maximum atomic E-state index is 12.2. The van der Waals surface area contributed by atoms with Crippen molar-refractivity contribution < 1.29 is 13.2 Å². The van der Waals surface area contributed by atoms with E-state index >= 15 is 0 Å². The van der Waals surface area contributed by atoms with E-state index in [1.807, 2.05) is 24.3 Å². The van der Waals surface area contributed by atoms with Crippen molar-refractivity contribution in [3.8, 4) is 0 Å². The fourth-order valence-electron chi connectivity index (χ4n) is 2.42. The maximum absolute atomic E-state index is 12.2. The van der Waals surface area contributed by atoms with Crippen LogP contribution in [0, 0.1) is 0 Å². The van der Waals surface area contributed by atoms with E-state index in [1.54, 1.807) is 12.1 Å². The predicted octanol–water partition coefficient (Wildman–Crippen LogP) is 3.07. The Kier molecular flexibility index (Phi) is 7.81. The van der Waals surface area contributed by atoms with Crippen LogP contribution in [0.1, 0.15) is 47.3 Å². The molecule has 1 amide bonds. The summed E-state index contributed by atoms with van der Waals surface area (Å²) in [4.78, 5) is 12.4. The number of hydrogen-bond donors (Lipinski definition) is 2. The maximum Gasteiger partial charge on any atom is 0.251 e. The van der Waals surface area contributed by atoms with Gasteiger partial charge in [-0.05, 0) is 35.2 Å². The molecule has 7 heteroatoms. The number of nitrogens with one attached hydrogen (secondary N) is 1. The summed E-state index contributed by atoms with van der Waals surface area (Å²) in [5.74, 6) is 0.104. The molecule has 2 aromatic rings. The molecule has 0 aliphatic heterocycles. The van der Waals surface area contributed by atoms with Crippen molar-refractivity contribution in [3.63, 3.8) is 0 Å². The van der Waals surface area contributed by atoms with Crippen molar-refractivity contribution in [2.24, 2.45) is 5.73 Å². The van der Waals surface area contributed by atoms with E-state index in [-0.39, 0.29) is 35.8 Å². The Morgan fingerprint density at radius 1 is 1.08 bits per heavy atom. The molecule has 142 valence electrons. The molecule has 1 atom stereocenters. The highest BCUT2D eigenvalue weighted by molar-refractivity contribution is 7.90. The highest BCUT2D eigenvalue weighted by atomic mass is 35.5. The second-order valence-corrected chi connectivity index (χ2v) is 8.45. The third-order valence-electron chi connectivity index (χ3n) is 4.04. The highest BCUT2D eigenvalue weighted by Gasteiger charge is 2.13. The largest absolute Gasteiger partial charge is 0.350 e. The van der Waals surface area contributed by atoms with Crippen LogP contribution in [0.3, 0.4) is 0 Å². The number of carbonyl (C=O) groups excluding carboxylic acids is 1. The topological polar surface area (TPSA) is 89.3 Å². The van der Waals surface area contributed by atoms with Gasteiger partial charge in [0.15, 0.2) is 9.84 Å². The predicted molar refractivity (Wildman–Crippen MR) is 107 cm³/mol. The van der Waals surface area contributed by atoms with Crippen LogP contribution >= 0.6 is 12.4 Å². The van der Waals surface area contributed by atoms with Crippen molar-refractivity contribution in [2.75, 3.05) is 12.8 Å². The monoisotopic (exact) mass is 396 g/mol. The molecule has 0 saturated carbocycles. The summed E-state index contributed by atoms with van der Waals surface area (Å²) in [6.45, 7) is 4.52. The van der Waals surface area contributed by atoms with Gasteiger partial charge in [-0.3, -0.25) is 4.79 Å². The van der Waals surface area contributed by atoms with Gasteiger partial charge in [0, 0.05) is 24.4 Å². The van der Waals surface area contributed by atoms with Gasteiger partial charge in [-0.1, -0.05) is 44.2 Å².